The van der Waals surface area contributed by atoms with Crippen LogP contribution in [-0.4, -0.2) is 38.7 Å². The van der Waals surface area contributed by atoms with Crippen LogP contribution in [0.1, 0.15) is 11.1 Å². The van der Waals surface area contributed by atoms with E-state index in [2.05, 4.69) is 15.1 Å². The third kappa shape index (κ3) is 4.42. The third-order valence-electron chi connectivity index (χ3n) is 6.81. The van der Waals surface area contributed by atoms with Gasteiger partial charge in [-0.25, -0.2) is 8.78 Å². The zero-order valence-electron chi connectivity index (χ0n) is 19.0. The molecule has 176 valence electrons. The second-order valence-electron chi connectivity index (χ2n) is 8.84. The van der Waals surface area contributed by atoms with Gasteiger partial charge in [0.15, 0.2) is 0 Å². The number of anilines is 2. The average Bonchev–Trinajstić information content (AvgIpc) is 2.86. The van der Waals surface area contributed by atoms with Gasteiger partial charge in [-0.15, -0.1) is 0 Å². The van der Waals surface area contributed by atoms with Gasteiger partial charge in [-0.05, 0) is 60.0 Å². The van der Waals surface area contributed by atoms with Gasteiger partial charge in [0, 0.05) is 43.6 Å². The molecular weight excluding hydrogens is 436 g/mol. The Hall–Kier alpha value is -3.61. The molecule has 1 N–H and O–H groups in total. The van der Waals surface area contributed by atoms with Gasteiger partial charge in [0.2, 0.25) is 5.91 Å². The van der Waals surface area contributed by atoms with Crippen molar-refractivity contribution in [1.29, 1.82) is 0 Å². The summed E-state index contributed by atoms with van der Waals surface area (Å²) in [5, 5.41) is 3.02. The summed E-state index contributed by atoms with van der Waals surface area (Å²) in [6.45, 7) is 2.41. The summed E-state index contributed by atoms with van der Waals surface area (Å²) in [4.78, 5) is 17.9. The van der Waals surface area contributed by atoms with Crippen molar-refractivity contribution in [3.63, 3.8) is 0 Å². The van der Waals surface area contributed by atoms with Gasteiger partial charge in [-0.3, -0.25) is 4.79 Å². The van der Waals surface area contributed by atoms with Crippen molar-refractivity contribution in [2.45, 2.75) is 19.0 Å². The number of amides is 1. The van der Waals surface area contributed by atoms with E-state index in [0.29, 0.717) is 13.0 Å². The van der Waals surface area contributed by atoms with E-state index in [1.165, 1.54) is 24.3 Å². The summed E-state index contributed by atoms with van der Waals surface area (Å²) in [6, 6.07) is 18.7. The van der Waals surface area contributed by atoms with Crippen LogP contribution in [0.15, 0.2) is 66.7 Å². The summed E-state index contributed by atoms with van der Waals surface area (Å²) in [5.41, 5.74) is 3.87. The normalized spacial score (nSPS) is 19.3. The van der Waals surface area contributed by atoms with E-state index in [4.69, 9.17) is 4.74 Å². The minimum absolute atomic E-state index is 0.0540. The number of benzene rings is 3. The Bertz CT molecular complexity index is 1180. The maximum Gasteiger partial charge on any atom is 0.225 e. The first-order valence-electron chi connectivity index (χ1n) is 11.5. The molecule has 0 aliphatic carbocycles. The predicted molar refractivity (Wildman–Crippen MR) is 128 cm³/mol. The lowest BCUT2D eigenvalue weighted by Crippen LogP contribution is -2.61. The Kier molecular flexibility index (Phi) is 6.09. The summed E-state index contributed by atoms with van der Waals surface area (Å²) in [7, 11) is 1.65. The van der Waals surface area contributed by atoms with Crippen LogP contribution in [0, 0.1) is 17.6 Å². The topological polar surface area (TPSA) is 44.8 Å². The fraction of sp³-hybridized carbons (Fsp3) is 0.296. The molecular formula is C27H27F2N3O2. The van der Waals surface area contributed by atoms with Crippen molar-refractivity contribution in [2.75, 3.05) is 36.5 Å². The van der Waals surface area contributed by atoms with Crippen molar-refractivity contribution >= 4 is 17.3 Å². The Morgan fingerprint density at radius 1 is 1.03 bits per heavy atom. The number of nitrogens with zero attached hydrogens (tertiary/aromatic N) is 2. The minimum atomic E-state index is -0.319. The molecule has 2 unspecified atom stereocenters. The molecule has 1 saturated heterocycles. The number of carbonyl (C=O) groups excluding carboxylic acids is 1. The van der Waals surface area contributed by atoms with Crippen LogP contribution in [0.4, 0.5) is 20.2 Å². The maximum atomic E-state index is 13.6. The zero-order valence-corrected chi connectivity index (χ0v) is 19.0. The van der Waals surface area contributed by atoms with Gasteiger partial charge in [-0.2, -0.15) is 0 Å². The van der Waals surface area contributed by atoms with Crippen LogP contribution in [0.25, 0.3) is 0 Å². The Labute approximate surface area is 197 Å². The molecule has 2 aliphatic rings. The zero-order chi connectivity index (χ0) is 23.7. The predicted octanol–water partition coefficient (Wildman–Crippen LogP) is 4.16. The second kappa shape index (κ2) is 9.33. The van der Waals surface area contributed by atoms with E-state index >= 15 is 0 Å². The molecule has 2 aliphatic heterocycles. The highest BCUT2D eigenvalue weighted by molar-refractivity contribution is 5.82. The standard InChI is InChI=1S/C27H27F2N3O2/c1-34-23-10-5-19-14-24(27(33)30-16-18-3-2-4-21(29)13-18)26-17-31(11-12-32(26)25(19)15-23)22-8-6-20(28)7-9-22/h2-10,13,15,24,26H,11-12,14,16-17H2,1H3,(H,30,33). The fourth-order valence-corrected chi connectivity index (χ4v) is 5.06. The molecule has 0 aromatic heterocycles. The Morgan fingerprint density at radius 2 is 1.85 bits per heavy atom. The fourth-order valence-electron chi connectivity index (χ4n) is 5.06. The maximum absolute atomic E-state index is 13.6. The molecule has 2 heterocycles. The van der Waals surface area contributed by atoms with E-state index in [1.54, 1.807) is 31.4 Å². The number of hydrogen-bond acceptors (Lipinski definition) is 4. The van der Waals surface area contributed by atoms with Crippen molar-refractivity contribution in [2.24, 2.45) is 5.92 Å². The van der Waals surface area contributed by atoms with Gasteiger partial charge in [0.25, 0.3) is 0 Å². The highest BCUT2D eigenvalue weighted by Crippen LogP contribution is 2.39. The molecule has 0 radical (unpaired) electrons. The molecule has 2 atom stereocenters. The SMILES string of the molecule is COc1ccc2c(c1)N1CCN(c3ccc(F)cc3)CC1C(C(=O)NCc1cccc(F)c1)C2. The molecule has 34 heavy (non-hydrogen) atoms. The van der Waals surface area contributed by atoms with Crippen LogP contribution in [-0.2, 0) is 17.8 Å². The summed E-state index contributed by atoms with van der Waals surface area (Å²) in [5.74, 6) is -0.136. The summed E-state index contributed by atoms with van der Waals surface area (Å²) < 4.78 is 32.5. The lowest BCUT2D eigenvalue weighted by Gasteiger charge is -2.49. The number of rotatable bonds is 5. The first kappa shape index (κ1) is 22.2. The number of piperazine rings is 1. The number of fused-ring (bicyclic) bond motifs is 3. The first-order chi connectivity index (χ1) is 16.5. The molecule has 0 spiro atoms. The van der Waals surface area contributed by atoms with E-state index in [-0.39, 0.29) is 36.0 Å². The van der Waals surface area contributed by atoms with Gasteiger partial charge in [-0.1, -0.05) is 18.2 Å². The number of ether oxygens (including phenoxy) is 1. The monoisotopic (exact) mass is 463 g/mol. The lowest BCUT2D eigenvalue weighted by atomic mass is 9.83. The van der Waals surface area contributed by atoms with Crippen molar-refractivity contribution < 1.29 is 18.3 Å². The van der Waals surface area contributed by atoms with Gasteiger partial charge >= 0.3 is 0 Å². The summed E-state index contributed by atoms with van der Waals surface area (Å²) >= 11 is 0. The van der Waals surface area contributed by atoms with Crippen LogP contribution >= 0.6 is 0 Å². The van der Waals surface area contributed by atoms with E-state index in [0.717, 1.165) is 41.3 Å². The third-order valence-corrected chi connectivity index (χ3v) is 6.81. The number of methoxy groups -OCH3 is 1. The van der Waals surface area contributed by atoms with Crippen molar-refractivity contribution in [3.8, 4) is 5.75 Å². The van der Waals surface area contributed by atoms with Crippen LogP contribution in [0.3, 0.4) is 0 Å². The molecule has 1 amide bonds. The first-order valence-corrected chi connectivity index (χ1v) is 11.5. The molecule has 5 nitrogen and oxygen atoms in total. The largest absolute Gasteiger partial charge is 0.497 e. The smallest absolute Gasteiger partial charge is 0.225 e. The van der Waals surface area contributed by atoms with E-state index in [9.17, 15) is 13.6 Å². The second-order valence-corrected chi connectivity index (χ2v) is 8.84. The van der Waals surface area contributed by atoms with Crippen LogP contribution < -0.4 is 19.9 Å². The quantitative estimate of drug-likeness (QED) is 0.617. The number of carbonyl (C=O) groups is 1. The Balaban J connectivity index is 1.41. The van der Waals surface area contributed by atoms with Gasteiger partial charge in [0.05, 0.1) is 19.1 Å². The van der Waals surface area contributed by atoms with Crippen molar-refractivity contribution in [1.82, 2.24) is 5.32 Å². The molecule has 0 saturated carbocycles. The summed E-state index contributed by atoms with van der Waals surface area (Å²) in [6.07, 6.45) is 0.604. The molecule has 1 fully saturated rings. The number of nitrogens with one attached hydrogen (secondary N) is 1. The molecule has 5 rings (SSSR count). The molecule has 3 aromatic rings. The highest BCUT2D eigenvalue weighted by atomic mass is 19.1. The average molecular weight is 464 g/mol. The minimum Gasteiger partial charge on any atom is -0.497 e. The van der Waals surface area contributed by atoms with Crippen LogP contribution in [0.2, 0.25) is 0 Å². The van der Waals surface area contributed by atoms with E-state index < -0.39 is 0 Å². The molecule has 7 heteroatoms. The molecule has 3 aromatic carbocycles. The van der Waals surface area contributed by atoms with Crippen LogP contribution in [0.5, 0.6) is 5.75 Å². The Morgan fingerprint density at radius 3 is 2.62 bits per heavy atom. The lowest BCUT2D eigenvalue weighted by molar-refractivity contribution is -0.126. The number of halogens is 2. The highest BCUT2D eigenvalue weighted by Gasteiger charge is 2.41. The van der Waals surface area contributed by atoms with E-state index in [1.807, 2.05) is 18.2 Å². The molecule has 0 bridgehead atoms. The van der Waals surface area contributed by atoms with Gasteiger partial charge < -0.3 is 19.9 Å². The van der Waals surface area contributed by atoms with Crippen molar-refractivity contribution in [3.05, 3.63) is 89.5 Å². The number of hydrogen-bond donors (Lipinski definition) is 1. The van der Waals surface area contributed by atoms with Gasteiger partial charge in [0.1, 0.15) is 17.4 Å².